The molecule has 0 unspecified atom stereocenters. The van der Waals surface area contributed by atoms with Gasteiger partial charge in [-0.05, 0) is 97.3 Å². The fourth-order valence-corrected chi connectivity index (χ4v) is 5.82. The van der Waals surface area contributed by atoms with Crippen molar-refractivity contribution in [2.75, 3.05) is 11.5 Å². The normalized spacial score (nSPS) is 29.2. The van der Waals surface area contributed by atoms with Crippen LogP contribution >= 0.6 is 11.8 Å². The average Bonchev–Trinajstić information content (AvgIpc) is 3.01. The molecule has 0 radical (unpaired) electrons. The van der Waals surface area contributed by atoms with Gasteiger partial charge in [0.15, 0.2) is 0 Å². The molecule has 1 fully saturated rings. The lowest BCUT2D eigenvalue weighted by molar-refractivity contribution is 0.418. The van der Waals surface area contributed by atoms with Crippen molar-refractivity contribution in [3.63, 3.8) is 0 Å². The van der Waals surface area contributed by atoms with Gasteiger partial charge in [0.05, 0.1) is 0 Å². The topological polar surface area (TPSA) is 26.0 Å². The number of rotatable bonds is 7. The van der Waals surface area contributed by atoms with Crippen LogP contribution in [0.4, 0.5) is 0 Å². The highest BCUT2D eigenvalue weighted by molar-refractivity contribution is 7.99. The van der Waals surface area contributed by atoms with Gasteiger partial charge in [-0.25, -0.2) is 0 Å². The van der Waals surface area contributed by atoms with E-state index in [0.29, 0.717) is 5.92 Å². The van der Waals surface area contributed by atoms with Gasteiger partial charge in [-0.2, -0.15) is 11.8 Å². The molecule has 1 aromatic rings. The Kier molecular flexibility index (Phi) is 6.55. The first-order valence-corrected chi connectivity index (χ1v) is 11.6. The van der Waals surface area contributed by atoms with Crippen molar-refractivity contribution in [2.45, 2.75) is 83.6 Å². The second-order valence-electron chi connectivity index (χ2n) is 9.05. The van der Waals surface area contributed by atoms with Gasteiger partial charge in [0.25, 0.3) is 0 Å². The summed E-state index contributed by atoms with van der Waals surface area (Å²) >= 11 is 2.15. The molecule has 1 nitrogen and oxygen atoms in total. The van der Waals surface area contributed by atoms with Crippen molar-refractivity contribution in [1.29, 1.82) is 0 Å². The van der Waals surface area contributed by atoms with Crippen LogP contribution in [0, 0.1) is 11.8 Å². The summed E-state index contributed by atoms with van der Waals surface area (Å²) in [6.45, 7) is 6.89. The van der Waals surface area contributed by atoms with Gasteiger partial charge < -0.3 is 5.73 Å². The largest absolute Gasteiger partial charge is 0.325 e. The molecule has 0 bridgehead atoms. The predicted molar refractivity (Wildman–Crippen MR) is 113 cm³/mol. The molecule has 1 saturated carbocycles. The molecule has 140 valence electrons. The van der Waals surface area contributed by atoms with E-state index in [1.807, 2.05) is 0 Å². The summed E-state index contributed by atoms with van der Waals surface area (Å²) in [7, 11) is 0. The summed E-state index contributed by atoms with van der Waals surface area (Å²) in [5.74, 6) is 5.08. The third kappa shape index (κ3) is 5.04. The fraction of sp³-hybridized carbons (Fsp3) is 0.739. The minimum absolute atomic E-state index is 0.0965. The van der Waals surface area contributed by atoms with Gasteiger partial charge in [0.2, 0.25) is 0 Å². The van der Waals surface area contributed by atoms with Crippen LogP contribution in [0.15, 0.2) is 18.2 Å². The summed E-state index contributed by atoms with van der Waals surface area (Å²) in [5.41, 5.74) is 11.4. The maximum atomic E-state index is 6.52. The minimum atomic E-state index is 0.0965. The highest BCUT2D eigenvalue weighted by Gasteiger charge is 2.35. The Hall–Kier alpha value is -0.470. The van der Waals surface area contributed by atoms with Crippen LogP contribution < -0.4 is 5.73 Å². The molecule has 25 heavy (non-hydrogen) atoms. The van der Waals surface area contributed by atoms with Gasteiger partial charge in [0.1, 0.15) is 0 Å². The number of fused-ring (bicyclic) bond motifs is 1. The van der Waals surface area contributed by atoms with Crippen molar-refractivity contribution < 1.29 is 0 Å². The summed E-state index contributed by atoms with van der Waals surface area (Å²) in [4.78, 5) is 0. The number of benzene rings is 1. The van der Waals surface area contributed by atoms with E-state index >= 15 is 0 Å². The smallest absolute Gasteiger partial charge is 0.0157 e. The summed E-state index contributed by atoms with van der Waals surface area (Å²) in [6, 6.07) is 7.40. The lowest BCUT2D eigenvalue weighted by Gasteiger charge is -2.26. The first-order chi connectivity index (χ1) is 12.0. The molecule has 3 atom stereocenters. The Morgan fingerprint density at radius 2 is 2.08 bits per heavy atom. The van der Waals surface area contributed by atoms with Crippen LogP contribution in [0.5, 0.6) is 0 Å². The quantitative estimate of drug-likeness (QED) is 0.609. The van der Waals surface area contributed by atoms with E-state index in [9.17, 15) is 0 Å². The van der Waals surface area contributed by atoms with Crippen molar-refractivity contribution in [2.24, 2.45) is 17.6 Å². The Bertz CT molecular complexity index is 567. The highest BCUT2D eigenvalue weighted by atomic mass is 32.2. The average molecular weight is 360 g/mol. The molecule has 0 amide bonds. The molecule has 0 saturated heterocycles. The first kappa shape index (κ1) is 19.3. The SMILES string of the molecule is CC[C@@]1(N)CC[C@H](c2ccc3c(c2)CC[C@@H](CCSCC(C)C)C3)C1. The maximum Gasteiger partial charge on any atom is 0.0157 e. The van der Waals surface area contributed by atoms with Crippen LogP contribution in [0.25, 0.3) is 0 Å². The zero-order chi connectivity index (χ0) is 17.9. The zero-order valence-electron chi connectivity index (χ0n) is 16.5. The van der Waals surface area contributed by atoms with Crippen LogP contribution in [0.1, 0.15) is 81.9 Å². The fourth-order valence-electron chi connectivity index (χ4n) is 4.68. The third-order valence-corrected chi connectivity index (χ3v) is 7.93. The van der Waals surface area contributed by atoms with Crippen molar-refractivity contribution in [1.82, 2.24) is 0 Å². The van der Waals surface area contributed by atoms with E-state index < -0.39 is 0 Å². The number of nitrogens with two attached hydrogens (primary N) is 1. The lowest BCUT2D eigenvalue weighted by atomic mass is 9.80. The summed E-state index contributed by atoms with van der Waals surface area (Å²) in [5, 5.41) is 0. The van der Waals surface area contributed by atoms with E-state index in [4.69, 9.17) is 5.73 Å². The van der Waals surface area contributed by atoms with Crippen LogP contribution in [0.3, 0.4) is 0 Å². The Morgan fingerprint density at radius 3 is 2.80 bits per heavy atom. The second kappa shape index (κ2) is 8.48. The predicted octanol–water partition coefficient (Wildman–Crippen LogP) is 5.95. The monoisotopic (exact) mass is 359 g/mol. The number of aryl methyl sites for hydroxylation is 1. The molecule has 0 aromatic heterocycles. The number of hydrogen-bond donors (Lipinski definition) is 1. The molecular weight excluding hydrogens is 322 g/mol. The molecule has 2 N–H and O–H groups in total. The second-order valence-corrected chi connectivity index (χ2v) is 10.2. The third-order valence-electron chi connectivity index (χ3n) is 6.50. The van der Waals surface area contributed by atoms with Gasteiger partial charge >= 0.3 is 0 Å². The van der Waals surface area contributed by atoms with E-state index in [1.54, 1.807) is 16.7 Å². The van der Waals surface area contributed by atoms with Crippen LogP contribution in [-0.2, 0) is 12.8 Å². The van der Waals surface area contributed by atoms with Gasteiger partial charge in [0, 0.05) is 5.54 Å². The van der Waals surface area contributed by atoms with E-state index in [1.165, 1.54) is 56.5 Å². The minimum Gasteiger partial charge on any atom is -0.325 e. The highest BCUT2D eigenvalue weighted by Crippen LogP contribution is 2.42. The van der Waals surface area contributed by atoms with Gasteiger partial charge in [-0.1, -0.05) is 39.0 Å². The van der Waals surface area contributed by atoms with Crippen molar-refractivity contribution in [3.05, 3.63) is 34.9 Å². The first-order valence-electron chi connectivity index (χ1n) is 10.5. The molecule has 2 heteroatoms. The molecule has 1 aromatic carbocycles. The van der Waals surface area contributed by atoms with Gasteiger partial charge in [-0.3, -0.25) is 0 Å². The van der Waals surface area contributed by atoms with Crippen LogP contribution in [-0.4, -0.2) is 17.0 Å². The number of hydrogen-bond acceptors (Lipinski definition) is 2. The molecule has 0 spiro atoms. The number of thioether (sulfide) groups is 1. The summed E-state index contributed by atoms with van der Waals surface area (Å²) < 4.78 is 0. The Morgan fingerprint density at radius 1 is 1.24 bits per heavy atom. The van der Waals surface area contributed by atoms with E-state index in [0.717, 1.165) is 18.3 Å². The molecular formula is C23H37NS. The molecule has 3 rings (SSSR count). The lowest BCUT2D eigenvalue weighted by Crippen LogP contribution is -2.35. The van der Waals surface area contributed by atoms with Gasteiger partial charge in [-0.15, -0.1) is 0 Å². The summed E-state index contributed by atoms with van der Waals surface area (Å²) in [6.07, 6.45) is 10.1. The molecule has 2 aliphatic carbocycles. The van der Waals surface area contributed by atoms with Crippen molar-refractivity contribution in [3.8, 4) is 0 Å². The zero-order valence-corrected chi connectivity index (χ0v) is 17.3. The standard InChI is InChI=1S/C23H37NS/c1-4-23(24)11-9-22(15-23)21-8-7-19-13-18(5-6-20(19)14-21)10-12-25-16-17(2)3/h7-8,14,17-18,22H,4-6,9-13,15-16,24H2,1-3H3/t18-,22-,23+/m0/s1. The van der Waals surface area contributed by atoms with Crippen LogP contribution in [0.2, 0.25) is 0 Å². The van der Waals surface area contributed by atoms with Crippen molar-refractivity contribution >= 4 is 11.8 Å². The Labute approximate surface area is 159 Å². The van der Waals surface area contributed by atoms with E-state index in [-0.39, 0.29) is 5.54 Å². The molecule has 2 aliphatic rings. The maximum absolute atomic E-state index is 6.52. The molecule has 0 aliphatic heterocycles. The molecule has 0 heterocycles. The van der Waals surface area contributed by atoms with E-state index in [2.05, 4.69) is 50.7 Å². The Balaban J connectivity index is 1.55.